The molecular formula is C12H19N3O. The van der Waals surface area contributed by atoms with Crippen molar-refractivity contribution >= 4 is 5.91 Å². The van der Waals surface area contributed by atoms with Gasteiger partial charge < -0.3 is 11.1 Å². The number of nitrogens with two attached hydrogens (primary N) is 1. The average Bonchev–Trinajstić information content (AvgIpc) is 2.27. The predicted octanol–water partition coefficient (Wildman–Crippen LogP) is 1.13. The standard InChI is InChI=1S/C12H19N3O/c1-4-12(3,13)11(16)15-8-10-5-6-14-7-9(10)2/h5-7H,4,8,13H2,1-3H3,(H,15,16). The lowest BCUT2D eigenvalue weighted by Crippen LogP contribution is -2.50. The second kappa shape index (κ2) is 5.07. The van der Waals surface area contributed by atoms with Gasteiger partial charge in [-0.15, -0.1) is 0 Å². The topological polar surface area (TPSA) is 68.0 Å². The number of aryl methyl sites for hydroxylation is 1. The fraction of sp³-hybridized carbons (Fsp3) is 0.500. The van der Waals surface area contributed by atoms with Crippen LogP contribution >= 0.6 is 0 Å². The first-order valence-corrected chi connectivity index (χ1v) is 5.44. The highest BCUT2D eigenvalue weighted by molar-refractivity contribution is 5.85. The van der Waals surface area contributed by atoms with Crippen LogP contribution in [0.3, 0.4) is 0 Å². The largest absolute Gasteiger partial charge is 0.350 e. The third-order valence-corrected chi connectivity index (χ3v) is 2.83. The Balaban J connectivity index is 2.59. The number of carbonyl (C=O) groups excluding carboxylic acids is 1. The molecule has 16 heavy (non-hydrogen) atoms. The van der Waals surface area contributed by atoms with Gasteiger partial charge in [0.2, 0.25) is 5.91 Å². The number of hydrogen-bond donors (Lipinski definition) is 2. The van der Waals surface area contributed by atoms with E-state index in [0.717, 1.165) is 11.1 Å². The molecule has 0 spiro atoms. The molecule has 0 bridgehead atoms. The number of carbonyl (C=O) groups is 1. The van der Waals surface area contributed by atoms with E-state index < -0.39 is 5.54 Å². The van der Waals surface area contributed by atoms with Crippen LogP contribution in [0.25, 0.3) is 0 Å². The van der Waals surface area contributed by atoms with Crippen molar-refractivity contribution in [3.8, 4) is 0 Å². The van der Waals surface area contributed by atoms with Gasteiger partial charge in [-0.2, -0.15) is 0 Å². The van der Waals surface area contributed by atoms with Gasteiger partial charge in [0, 0.05) is 18.9 Å². The molecule has 0 fully saturated rings. The average molecular weight is 221 g/mol. The van der Waals surface area contributed by atoms with Crippen molar-refractivity contribution in [1.82, 2.24) is 10.3 Å². The Bertz CT molecular complexity index is 374. The van der Waals surface area contributed by atoms with Crippen LogP contribution in [0.15, 0.2) is 18.5 Å². The van der Waals surface area contributed by atoms with E-state index in [9.17, 15) is 4.79 Å². The number of hydrogen-bond acceptors (Lipinski definition) is 3. The minimum absolute atomic E-state index is 0.119. The van der Waals surface area contributed by atoms with Crippen molar-refractivity contribution in [2.45, 2.75) is 39.3 Å². The molecule has 1 amide bonds. The van der Waals surface area contributed by atoms with Gasteiger partial charge in [0.1, 0.15) is 0 Å². The number of nitrogens with one attached hydrogen (secondary N) is 1. The van der Waals surface area contributed by atoms with Crippen molar-refractivity contribution in [3.05, 3.63) is 29.6 Å². The lowest BCUT2D eigenvalue weighted by atomic mass is 9.99. The van der Waals surface area contributed by atoms with Gasteiger partial charge >= 0.3 is 0 Å². The Morgan fingerprint density at radius 3 is 2.88 bits per heavy atom. The van der Waals surface area contributed by atoms with Crippen molar-refractivity contribution in [3.63, 3.8) is 0 Å². The zero-order valence-corrected chi connectivity index (χ0v) is 10.1. The number of amides is 1. The van der Waals surface area contributed by atoms with E-state index in [1.54, 1.807) is 19.3 Å². The van der Waals surface area contributed by atoms with E-state index in [1.165, 1.54) is 0 Å². The number of nitrogens with zero attached hydrogens (tertiary/aromatic N) is 1. The van der Waals surface area contributed by atoms with Crippen molar-refractivity contribution < 1.29 is 4.79 Å². The molecule has 0 aliphatic carbocycles. The summed E-state index contributed by atoms with van der Waals surface area (Å²) in [5.41, 5.74) is 7.18. The van der Waals surface area contributed by atoms with Crippen molar-refractivity contribution in [1.29, 1.82) is 0 Å². The molecule has 0 radical (unpaired) electrons. The van der Waals surface area contributed by atoms with Crippen LogP contribution in [0.4, 0.5) is 0 Å². The maximum atomic E-state index is 11.7. The summed E-state index contributed by atoms with van der Waals surface area (Å²) in [6.07, 6.45) is 4.12. The quantitative estimate of drug-likeness (QED) is 0.801. The lowest BCUT2D eigenvalue weighted by Gasteiger charge is -2.21. The van der Waals surface area contributed by atoms with Crippen LogP contribution in [0, 0.1) is 6.92 Å². The summed E-state index contributed by atoms with van der Waals surface area (Å²) in [7, 11) is 0. The zero-order chi connectivity index (χ0) is 12.2. The van der Waals surface area contributed by atoms with E-state index in [4.69, 9.17) is 5.73 Å². The monoisotopic (exact) mass is 221 g/mol. The van der Waals surface area contributed by atoms with Gasteiger partial charge in [0.05, 0.1) is 5.54 Å². The highest BCUT2D eigenvalue weighted by Crippen LogP contribution is 2.07. The molecule has 4 nitrogen and oxygen atoms in total. The first-order valence-electron chi connectivity index (χ1n) is 5.44. The molecule has 0 saturated carbocycles. The molecule has 3 N–H and O–H groups in total. The first-order chi connectivity index (χ1) is 7.47. The second-order valence-electron chi connectivity index (χ2n) is 4.26. The molecular weight excluding hydrogens is 202 g/mol. The Morgan fingerprint density at radius 1 is 1.62 bits per heavy atom. The highest BCUT2D eigenvalue weighted by Gasteiger charge is 2.25. The van der Waals surface area contributed by atoms with Gasteiger partial charge in [-0.3, -0.25) is 9.78 Å². The van der Waals surface area contributed by atoms with E-state index in [0.29, 0.717) is 13.0 Å². The first kappa shape index (κ1) is 12.6. The van der Waals surface area contributed by atoms with Crippen LogP contribution in [-0.2, 0) is 11.3 Å². The lowest BCUT2D eigenvalue weighted by molar-refractivity contribution is -0.126. The second-order valence-corrected chi connectivity index (χ2v) is 4.26. The zero-order valence-electron chi connectivity index (χ0n) is 10.1. The smallest absolute Gasteiger partial charge is 0.240 e. The molecule has 0 aliphatic heterocycles. The van der Waals surface area contributed by atoms with Crippen LogP contribution in [-0.4, -0.2) is 16.4 Å². The van der Waals surface area contributed by atoms with Gasteiger partial charge in [-0.05, 0) is 37.5 Å². The minimum Gasteiger partial charge on any atom is -0.350 e. The molecule has 1 aromatic rings. The van der Waals surface area contributed by atoms with Gasteiger partial charge in [0.25, 0.3) is 0 Å². The Kier molecular flexibility index (Phi) is 4.01. The van der Waals surface area contributed by atoms with E-state index in [-0.39, 0.29) is 5.91 Å². The molecule has 88 valence electrons. The maximum Gasteiger partial charge on any atom is 0.240 e. The van der Waals surface area contributed by atoms with Crippen LogP contribution < -0.4 is 11.1 Å². The summed E-state index contributed by atoms with van der Waals surface area (Å²) in [4.78, 5) is 15.7. The predicted molar refractivity (Wildman–Crippen MR) is 63.7 cm³/mol. The molecule has 0 saturated heterocycles. The molecule has 0 aromatic carbocycles. The molecule has 1 unspecified atom stereocenters. The van der Waals surface area contributed by atoms with Gasteiger partial charge in [-0.25, -0.2) is 0 Å². The third-order valence-electron chi connectivity index (χ3n) is 2.83. The highest BCUT2D eigenvalue weighted by atomic mass is 16.2. The molecule has 1 rings (SSSR count). The Morgan fingerprint density at radius 2 is 2.31 bits per heavy atom. The van der Waals surface area contributed by atoms with E-state index in [2.05, 4.69) is 10.3 Å². The Labute approximate surface area is 96.3 Å². The van der Waals surface area contributed by atoms with Crippen LogP contribution in [0.1, 0.15) is 31.4 Å². The van der Waals surface area contributed by atoms with Crippen molar-refractivity contribution in [2.75, 3.05) is 0 Å². The van der Waals surface area contributed by atoms with E-state index in [1.807, 2.05) is 19.9 Å². The molecule has 4 heteroatoms. The molecule has 1 heterocycles. The van der Waals surface area contributed by atoms with Crippen LogP contribution in [0.2, 0.25) is 0 Å². The van der Waals surface area contributed by atoms with Crippen molar-refractivity contribution in [2.24, 2.45) is 5.73 Å². The summed E-state index contributed by atoms with van der Waals surface area (Å²) < 4.78 is 0. The van der Waals surface area contributed by atoms with Gasteiger partial charge in [-0.1, -0.05) is 6.92 Å². The summed E-state index contributed by atoms with van der Waals surface area (Å²) in [5, 5.41) is 2.84. The Hall–Kier alpha value is -1.42. The third kappa shape index (κ3) is 3.03. The molecule has 0 aliphatic rings. The summed E-state index contributed by atoms with van der Waals surface area (Å²) >= 11 is 0. The summed E-state index contributed by atoms with van der Waals surface area (Å²) in [6, 6.07) is 1.90. The minimum atomic E-state index is -0.791. The van der Waals surface area contributed by atoms with Gasteiger partial charge in [0.15, 0.2) is 0 Å². The normalized spacial score (nSPS) is 14.2. The molecule has 1 aromatic heterocycles. The number of aromatic nitrogens is 1. The van der Waals surface area contributed by atoms with Crippen LogP contribution in [0.5, 0.6) is 0 Å². The summed E-state index contributed by atoms with van der Waals surface area (Å²) in [5.74, 6) is -0.119. The number of rotatable bonds is 4. The SMILES string of the molecule is CCC(C)(N)C(=O)NCc1ccncc1C. The fourth-order valence-corrected chi connectivity index (χ4v) is 1.24. The fourth-order valence-electron chi connectivity index (χ4n) is 1.24. The maximum absolute atomic E-state index is 11.7. The molecule has 1 atom stereocenters. The number of pyridine rings is 1. The van der Waals surface area contributed by atoms with E-state index >= 15 is 0 Å². The summed E-state index contributed by atoms with van der Waals surface area (Å²) in [6.45, 7) is 6.11.